The van der Waals surface area contributed by atoms with E-state index in [0.717, 1.165) is 51.4 Å². The van der Waals surface area contributed by atoms with E-state index < -0.39 is 74.2 Å². The van der Waals surface area contributed by atoms with Gasteiger partial charge in [0.2, 0.25) is 5.91 Å². The van der Waals surface area contributed by atoms with E-state index in [0.29, 0.717) is 19.3 Å². The van der Waals surface area contributed by atoms with Crippen molar-refractivity contribution in [1.29, 1.82) is 0 Å². The number of hydrogen-bond acceptors (Lipinski definition) is 10. The van der Waals surface area contributed by atoms with Gasteiger partial charge in [-0.1, -0.05) is 270 Å². The summed E-state index contributed by atoms with van der Waals surface area (Å²) < 4.78 is 11.2. The second-order valence-corrected chi connectivity index (χ2v) is 21.8. The van der Waals surface area contributed by atoms with Crippen molar-refractivity contribution >= 4 is 5.91 Å². The zero-order chi connectivity index (χ0) is 51.8. The highest BCUT2D eigenvalue weighted by Crippen LogP contribution is 2.24. The van der Waals surface area contributed by atoms with Crippen LogP contribution < -0.4 is 5.32 Å². The molecular weight excluding hydrogens is 895 g/mol. The minimum Gasteiger partial charge on any atom is -0.394 e. The number of rotatable bonds is 53. The highest BCUT2D eigenvalue weighted by atomic mass is 16.7. The van der Waals surface area contributed by atoms with Crippen molar-refractivity contribution in [1.82, 2.24) is 5.32 Å². The number of aliphatic hydroxyl groups excluding tert-OH is 7. The lowest BCUT2D eigenvalue weighted by Crippen LogP contribution is -2.60. The SMILES string of the molecule is CCCCCCCCCCC/C=C\CCCCCCC(O)C(=O)NC(COC1OC(CO)C(O)C(O)C1O)C(O)C(O)CCCCCCCCCCCCCCCCCCCCCCCCCCCCC. The van der Waals surface area contributed by atoms with E-state index >= 15 is 0 Å². The lowest BCUT2D eigenvalue weighted by Gasteiger charge is -2.40. The Morgan fingerprint density at radius 2 is 0.817 bits per heavy atom. The lowest BCUT2D eigenvalue weighted by molar-refractivity contribution is -0.303. The van der Waals surface area contributed by atoms with E-state index in [1.54, 1.807) is 0 Å². The van der Waals surface area contributed by atoms with Crippen molar-refractivity contribution in [3.8, 4) is 0 Å². The molecule has 422 valence electrons. The molecule has 11 heteroatoms. The molecule has 1 aliphatic heterocycles. The molecule has 1 rings (SSSR count). The first kappa shape index (κ1) is 67.9. The third kappa shape index (κ3) is 38.1. The van der Waals surface area contributed by atoms with E-state index in [1.807, 2.05) is 0 Å². The minimum absolute atomic E-state index is 0.249. The summed E-state index contributed by atoms with van der Waals surface area (Å²) in [6.07, 6.45) is 47.0. The quantitative estimate of drug-likeness (QED) is 0.0215. The summed E-state index contributed by atoms with van der Waals surface area (Å²) in [5.41, 5.74) is 0. The molecule has 1 heterocycles. The van der Waals surface area contributed by atoms with E-state index in [4.69, 9.17) is 9.47 Å². The van der Waals surface area contributed by atoms with Crippen LogP contribution in [0.3, 0.4) is 0 Å². The summed E-state index contributed by atoms with van der Waals surface area (Å²) in [6, 6.07) is -1.17. The van der Waals surface area contributed by atoms with E-state index in [9.17, 15) is 40.5 Å². The molecule has 11 nitrogen and oxygen atoms in total. The molecule has 9 atom stereocenters. The fourth-order valence-electron chi connectivity index (χ4n) is 10.1. The molecule has 0 aromatic rings. The van der Waals surface area contributed by atoms with Crippen LogP contribution in [0.4, 0.5) is 0 Å². The lowest BCUT2D eigenvalue weighted by atomic mass is 9.98. The zero-order valence-electron chi connectivity index (χ0n) is 46.2. The van der Waals surface area contributed by atoms with Gasteiger partial charge in [-0.2, -0.15) is 0 Å². The van der Waals surface area contributed by atoms with Crippen LogP contribution in [-0.4, -0.2) is 110 Å². The van der Waals surface area contributed by atoms with Gasteiger partial charge < -0.3 is 50.5 Å². The highest BCUT2D eigenvalue weighted by Gasteiger charge is 2.44. The van der Waals surface area contributed by atoms with Gasteiger partial charge in [0.25, 0.3) is 0 Å². The largest absolute Gasteiger partial charge is 0.394 e. The molecule has 0 aromatic heterocycles. The maximum absolute atomic E-state index is 13.2. The summed E-state index contributed by atoms with van der Waals surface area (Å²) in [5.74, 6) is -0.700. The molecule has 9 unspecified atom stereocenters. The molecule has 0 saturated carbocycles. The molecule has 1 amide bonds. The summed E-state index contributed by atoms with van der Waals surface area (Å²) in [6.45, 7) is 3.49. The summed E-state index contributed by atoms with van der Waals surface area (Å²) >= 11 is 0. The predicted molar refractivity (Wildman–Crippen MR) is 293 cm³/mol. The third-order valence-corrected chi connectivity index (χ3v) is 15.1. The average Bonchev–Trinajstić information content (AvgIpc) is 3.37. The van der Waals surface area contributed by atoms with Gasteiger partial charge in [0.05, 0.1) is 25.4 Å². The van der Waals surface area contributed by atoms with Gasteiger partial charge in [-0.15, -0.1) is 0 Å². The fourth-order valence-corrected chi connectivity index (χ4v) is 10.1. The Balaban J connectivity index is 2.26. The summed E-state index contributed by atoms with van der Waals surface area (Å²) in [4.78, 5) is 13.2. The zero-order valence-corrected chi connectivity index (χ0v) is 46.2. The van der Waals surface area contributed by atoms with Gasteiger partial charge in [-0.25, -0.2) is 0 Å². The van der Waals surface area contributed by atoms with Gasteiger partial charge in [0, 0.05) is 0 Å². The van der Waals surface area contributed by atoms with Crippen LogP contribution in [0.15, 0.2) is 12.2 Å². The van der Waals surface area contributed by atoms with Crippen LogP contribution in [-0.2, 0) is 14.3 Å². The molecule has 71 heavy (non-hydrogen) atoms. The topological polar surface area (TPSA) is 189 Å². The number of nitrogens with one attached hydrogen (secondary N) is 1. The number of allylic oxidation sites excluding steroid dienone is 2. The molecule has 8 N–H and O–H groups in total. The van der Waals surface area contributed by atoms with E-state index in [-0.39, 0.29) is 6.42 Å². The monoisotopic (exact) mass is 1010 g/mol. The van der Waals surface area contributed by atoms with Crippen LogP contribution in [0, 0.1) is 0 Å². The molecule has 0 bridgehead atoms. The predicted octanol–water partition coefficient (Wildman–Crippen LogP) is 13.1. The molecule has 0 aliphatic carbocycles. The molecule has 0 radical (unpaired) electrons. The second kappa shape index (κ2) is 49.7. The van der Waals surface area contributed by atoms with E-state index in [2.05, 4.69) is 31.3 Å². The molecule has 1 fully saturated rings. The summed E-state index contributed by atoms with van der Waals surface area (Å²) in [5, 5.41) is 76.2. The first-order valence-electron chi connectivity index (χ1n) is 30.6. The summed E-state index contributed by atoms with van der Waals surface area (Å²) in [7, 11) is 0. The Hall–Kier alpha value is -1.15. The second-order valence-electron chi connectivity index (χ2n) is 21.8. The number of amides is 1. The Morgan fingerprint density at radius 1 is 0.479 bits per heavy atom. The maximum atomic E-state index is 13.2. The molecular formula is C60H117NO10. The van der Waals surface area contributed by atoms with Crippen molar-refractivity contribution in [3.63, 3.8) is 0 Å². The van der Waals surface area contributed by atoms with Gasteiger partial charge in [0.15, 0.2) is 6.29 Å². The highest BCUT2D eigenvalue weighted by molar-refractivity contribution is 5.80. The molecule has 0 spiro atoms. The number of carbonyl (C=O) groups excluding carboxylic acids is 1. The van der Waals surface area contributed by atoms with Crippen LogP contribution in [0.2, 0.25) is 0 Å². The van der Waals surface area contributed by atoms with Crippen LogP contribution in [0.1, 0.15) is 296 Å². The Kier molecular flexibility index (Phi) is 47.5. The van der Waals surface area contributed by atoms with Crippen molar-refractivity contribution in [2.24, 2.45) is 0 Å². The van der Waals surface area contributed by atoms with Gasteiger partial charge in [-0.3, -0.25) is 4.79 Å². The average molecular weight is 1010 g/mol. The van der Waals surface area contributed by atoms with Crippen molar-refractivity contribution in [3.05, 3.63) is 12.2 Å². The number of unbranched alkanes of at least 4 members (excludes halogenated alkanes) is 39. The number of aliphatic hydroxyl groups is 7. The van der Waals surface area contributed by atoms with Crippen molar-refractivity contribution < 1.29 is 50.0 Å². The van der Waals surface area contributed by atoms with Crippen molar-refractivity contribution in [2.45, 2.75) is 351 Å². The van der Waals surface area contributed by atoms with Gasteiger partial charge >= 0.3 is 0 Å². The molecule has 1 aliphatic rings. The third-order valence-electron chi connectivity index (χ3n) is 15.1. The van der Waals surface area contributed by atoms with Gasteiger partial charge in [-0.05, 0) is 38.5 Å². The molecule has 1 saturated heterocycles. The standard InChI is InChI=1S/C60H117NO10/c1-3-5-7-9-11-13-15-17-19-21-22-23-24-25-26-27-28-29-30-32-33-35-37-39-41-43-45-47-52(63)55(65)51(50-70-60-58(68)57(67)56(66)54(49-62)71-60)61-59(69)53(64)48-46-44-42-40-38-36-34-31-20-18-16-14-12-10-8-6-4-2/h34,36,51-58,60,62-68H,3-33,35,37-50H2,1-2H3,(H,61,69)/b36-34-. The van der Waals surface area contributed by atoms with Crippen molar-refractivity contribution in [2.75, 3.05) is 13.2 Å². The Labute approximate surface area is 436 Å². The van der Waals surface area contributed by atoms with Crippen LogP contribution in [0.5, 0.6) is 0 Å². The fraction of sp³-hybridized carbons (Fsp3) is 0.950. The normalized spacial score (nSPS) is 20.2. The van der Waals surface area contributed by atoms with Crippen LogP contribution in [0.25, 0.3) is 0 Å². The minimum atomic E-state index is -1.66. The van der Waals surface area contributed by atoms with Gasteiger partial charge in [0.1, 0.15) is 36.6 Å². The smallest absolute Gasteiger partial charge is 0.249 e. The Bertz CT molecular complexity index is 1160. The first-order valence-corrected chi connectivity index (χ1v) is 30.6. The maximum Gasteiger partial charge on any atom is 0.249 e. The molecule has 0 aromatic carbocycles. The Morgan fingerprint density at radius 3 is 1.18 bits per heavy atom. The number of carbonyl (C=O) groups is 1. The van der Waals surface area contributed by atoms with Crippen LogP contribution >= 0.6 is 0 Å². The number of ether oxygens (including phenoxy) is 2. The van der Waals surface area contributed by atoms with E-state index in [1.165, 1.54) is 205 Å². The number of hydrogen-bond donors (Lipinski definition) is 8. The first-order chi connectivity index (χ1) is 34.7.